The smallest absolute Gasteiger partial charge is 0.161 e. The van der Waals surface area contributed by atoms with E-state index in [4.69, 9.17) is 10.9 Å². The van der Waals surface area contributed by atoms with Crippen LogP contribution in [0.25, 0.3) is 0 Å². The SMILES string of the molecule is CCC(Nc1ccc(F)cc1C)C(N)=NO. The Morgan fingerprint density at radius 3 is 2.81 bits per heavy atom. The highest BCUT2D eigenvalue weighted by molar-refractivity contribution is 5.87. The van der Waals surface area contributed by atoms with Gasteiger partial charge in [-0.25, -0.2) is 4.39 Å². The van der Waals surface area contributed by atoms with Gasteiger partial charge in [-0.1, -0.05) is 12.1 Å². The molecule has 1 unspecified atom stereocenters. The molecule has 0 fully saturated rings. The van der Waals surface area contributed by atoms with Gasteiger partial charge in [0.05, 0.1) is 6.04 Å². The van der Waals surface area contributed by atoms with Crippen molar-refractivity contribution in [3.8, 4) is 0 Å². The first kappa shape index (κ1) is 12.3. The van der Waals surface area contributed by atoms with Gasteiger partial charge in [-0.3, -0.25) is 0 Å². The quantitative estimate of drug-likeness (QED) is 0.318. The van der Waals surface area contributed by atoms with Gasteiger partial charge in [-0.05, 0) is 37.1 Å². The molecule has 1 aromatic rings. The molecule has 0 aliphatic rings. The van der Waals surface area contributed by atoms with Crippen LogP contribution in [0.1, 0.15) is 18.9 Å². The van der Waals surface area contributed by atoms with Crippen molar-refractivity contribution < 1.29 is 9.60 Å². The number of nitrogens with one attached hydrogen (secondary N) is 1. The zero-order valence-corrected chi connectivity index (χ0v) is 9.37. The van der Waals surface area contributed by atoms with E-state index in [1.165, 1.54) is 12.1 Å². The number of halogens is 1. The molecule has 4 nitrogen and oxygen atoms in total. The van der Waals surface area contributed by atoms with Crippen LogP contribution in [0.5, 0.6) is 0 Å². The Morgan fingerprint density at radius 2 is 2.31 bits per heavy atom. The number of oxime groups is 1. The van der Waals surface area contributed by atoms with Crippen molar-refractivity contribution in [3.63, 3.8) is 0 Å². The summed E-state index contributed by atoms with van der Waals surface area (Å²) in [7, 11) is 0. The fourth-order valence-corrected chi connectivity index (χ4v) is 1.43. The molecule has 0 aliphatic carbocycles. The standard InChI is InChI=1S/C11H16FN3O/c1-3-9(11(13)15-16)14-10-5-4-8(12)6-7(10)2/h4-6,9,14,16H,3H2,1-2H3,(H2,13,15). The van der Waals surface area contributed by atoms with Crippen LogP contribution in [-0.4, -0.2) is 17.1 Å². The van der Waals surface area contributed by atoms with E-state index in [2.05, 4.69) is 10.5 Å². The van der Waals surface area contributed by atoms with E-state index in [0.29, 0.717) is 6.42 Å². The number of benzene rings is 1. The van der Waals surface area contributed by atoms with Crippen LogP contribution >= 0.6 is 0 Å². The highest BCUT2D eigenvalue weighted by Crippen LogP contribution is 2.17. The topological polar surface area (TPSA) is 70.6 Å². The molecular weight excluding hydrogens is 209 g/mol. The average Bonchev–Trinajstić information content (AvgIpc) is 2.27. The zero-order valence-electron chi connectivity index (χ0n) is 9.37. The van der Waals surface area contributed by atoms with Gasteiger partial charge in [-0.2, -0.15) is 0 Å². The van der Waals surface area contributed by atoms with Crippen LogP contribution < -0.4 is 11.1 Å². The molecule has 16 heavy (non-hydrogen) atoms. The molecular formula is C11H16FN3O. The molecule has 0 saturated heterocycles. The maximum atomic E-state index is 12.9. The van der Waals surface area contributed by atoms with Crippen LogP contribution in [0, 0.1) is 12.7 Å². The summed E-state index contributed by atoms with van der Waals surface area (Å²) in [5.74, 6) is -0.161. The summed E-state index contributed by atoms with van der Waals surface area (Å²) < 4.78 is 12.9. The molecule has 0 aromatic heterocycles. The second kappa shape index (κ2) is 5.34. The lowest BCUT2D eigenvalue weighted by Crippen LogP contribution is -2.35. The number of hydrogen-bond donors (Lipinski definition) is 3. The van der Waals surface area contributed by atoms with Crippen molar-refractivity contribution in [1.82, 2.24) is 0 Å². The van der Waals surface area contributed by atoms with Crippen molar-refractivity contribution in [1.29, 1.82) is 0 Å². The van der Waals surface area contributed by atoms with Crippen molar-refractivity contribution in [2.45, 2.75) is 26.3 Å². The maximum Gasteiger partial charge on any atom is 0.161 e. The molecule has 1 rings (SSSR count). The van der Waals surface area contributed by atoms with Crippen molar-refractivity contribution in [3.05, 3.63) is 29.6 Å². The van der Waals surface area contributed by atoms with Gasteiger partial charge < -0.3 is 16.3 Å². The molecule has 0 radical (unpaired) electrons. The third-order valence-electron chi connectivity index (χ3n) is 2.40. The first-order valence-corrected chi connectivity index (χ1v) is 5.08. The molecule has 0 amide bonds. The number of amidine groups is 1. The predicted octanol–water partition coefficient (Wildman–Crippen LogP) is 2.07. The first-order chi connectivity index (χ1) is 7.58. The Kier molecular flexibility index (Phi) is 4.10. The lowest BCUT2D eigenvalue weighted by atomic mass is 10.1. The van der Waals surface area contributed by atoms with Crippen molar-refractivity contribution in [2.75, 3.05) is 5.32 Å². The van der Waals surface area contributed by atoms with Crippen LogP contribution in [0.2, 0.25) is 0 Å². The average molecular weight is 225 g/mol. The van der Waals surface area contributed by atoms with Crippen LogP contribution in [0.4, 0.5) is 10.1 Å². The van der Waals surface area contributed by atoms with E-state index in [9.17, 15) is 4.39 Å². The predicted molar refractivity (Wildman–Crippen MR) is 62.2 cm³/mol. The monoisotopic (exact) mass is 225 g/mol. The second-order valence-corrected chi connectivity index (χ2v) is 3.59. The maximum absolute atomic E-state index is 12.9. The third-order valence-corrected chi connectivity index (χ3v) is 2.40. The number of hydrogen-bond acceptors (Lipinski definition) is 3. The number of nitrogens with zero attached hydrogens (tertiary/aromatic N) is 1. The van der Waals surface area contributed by atoms with Crippen molar-refractivity contribution in [2.24, 2.45) is 10.9 Å². The molecule has 5 heteroatoms. The Bertz CT molecular complexity index is 393. The molecule has 0 saturated carbocycles. The third kappa shape index (κ3) is 2.85. The summed E-state index contributed by atoms with van der Waals surface area (Å²) in [6.07, 6.45) is 0.673. The van der Waals surface area contributed by atoms with Gasteiger partial charge in [0.25, 0.3) is 0 Å². The number of aryl methyl sites for hydroxylation is 1. The van der Waals surface area contributed by atoms with Gasteiger partial charge in [0, 0.05) is 5.69 Å². The molecule has 0 spiro atoms. The Balaban J connectivity index is 2.86. The normalized spacial score (nSPS) is 13.6. The fourth-order valence-electron chi connectivity index (χ4n) is 1.43. The van der Waals surface area contributed by atoms with E-state index in [-0.39, 0.29) is 17.7 Å². The Labute approximate surface area is 94.0 Å². The summed E-state index contributed by atoms with van der Waals surface area (Å²) in [6, 6.07) is 4.18. The van der Waals surface area contributed by atoms with Gasteiger partial charge in [0.15, 0.2) is 5.84 Å². The van der Waals surface area contributed by atoms with Gasteiger partial charge in [0.2, 0.25) is 0 Å². The molecule has 1 aromatic carbocycles. The minimum Gasteiger partial charge on any atom is -0.409 e. The highest BCUT2D eigenvalue weighted by Gasteiger charge is 2.12. The summed E-state index contributed by atoms with van der Waals surface area (Å²) in [5, 5.41) is 14.6. The number of nitrogens with two attached hydrogens (primary N) is 1. The van der Waals surface area contributed by atoms with Crippen LogP contribution in [0.15, 0.2) is 23.4 Å². The molecule has 1 atom stereocenters. The summed E-state index contributed by atoms with van der Waals surface area (Å²) in [4.78, 5) is 0. The number of rotatable bonds is 4. The van der Waals surface area contributed by atoms with Crippen LogP contribution in [0.3, 0.4) is 0 Å². The Morgan fingerprint density at radius 1 is 1.62 bits per heavy atom. The van der Waals surface area contributed by atoms with E-state index in [0.717, 1.165) is 11.3 Å². The molecule has 88 valence electrons. The van der Waals surface area contributed by atoms with E-state index in [1.807, 2.05) is 6.92 Å². The van der Waals surface area contributed by atoms with Gasteiger partial charge in [-0.15, -0.1) is 0 Å². The minimum atomic E-state index is -0.278. The molecule has 0 aliphatic heterocycles. The van der Waals surface area contributed by atoms with E-state index in [1.54, 1.807) is 13.0 Å². The van der Waals surface area contributed by atoms with E-state index >= 15 is 0 Å². The van der Waals surface area contributed by atoms with E-state index < -0.39 is 0 Å². The zero-order chi connectivity index (χ0) is 12.1. The highest BCUT2D eigenvalue weighted by atomic mass is 19.1. The summed E-state index contributed by atoms with van der Waals surface area (Å²) in [5.41, 5.74) is 7.08. The Hall–Kier alpha value is -1.78. The summed E-state index contributed by atoms with van der Waals surface area (Å²) >= 11 is 0. The first-order valence-electron chi connectivity index (χ1n) is 5.08. The lowest BCUT2D eigenvalue weighted by molar-refractivity contribution is 0.316. The fraction of sp³-hybridized carbons (Fsp3) is 0.364. The molecule has 4 N–H and O–H groups in total. The van der Waals surface area contributed by atoms with Crippen LogP contribution in [-0.2, 0) is 0 Å². The van der Waals surface area contributed by atoms with Gasteiger partial charge in [0.1, 0.15) is 5.82 Å². The van der Waals surface area contributed by atoms with Gasteiger partial charge >= 0.3 is 0 Å². The summed E-state index contributed by atoms with van der Waals surface area (Å²) in [6.45, 7) is 3.71. The lowest BCUT2D eigenvalue weighted by Gasteiger charge is -2.18. The van der Waals surface area contributed by atoms with Crippen molar-refractivity contribution >= 4 is 11.5 Å². The largest absolute Gasteiger partial charge is 0.409 e. The molecule has 0 bridgehead atoms. The minimum absolute atomic E-state index is 0.117. The number of anilines is 1. The second-order valence-electron chi connectivity index (χ2n) is 3.59. The molecule has 0 heterocycles.